The lowest BCUT2D eigenvalue weighted by atomic mass is 9.96. The molecule has 184 valence electrons. The van der Waals surface area contributed by atoms with Crippen LogP contribution in [0.5, 0.6) is 6.08 Å². The Morgan fingerprint density at radius 3 is 2.29 bits per heavy atom. The number of carbonyl (C=O) groups is 4. The van der Waals surface area contributed by atoms with Gasteiger partial charge in [0.2, 0.25) is 12.2 Å². The van der Waals surface area contributed by atoms with Crippen LogP contribution in [0.1, 0.15) is 33.3 Å². The smallest absolute Gasteiger partial charge is 0.397 e. The summed E-state index contributed by atoms with van der Waals surface area (Å²) in [5, 5.41) is 2.60. The number of oxazole rings is 1. The summed E-state index contributed by atoms with van der Waals surface area (Å²) >= 11 is 0. The maximum Gasteiger partial charge on any atom is 0.397 e. The van der Waals surface area contributed by atoms with Gasteiger partial charge in [-0.15, -0.1) is 0 Å². The fourth-order valence-corrected chi connectivity index (χ4v) is 3.56. The second-order valence-corrected chi connectivity index (χ2v) is 7.79. The van der Waals surface area contributed by atoms with Gasteiger partial charge in [-0.3, -0.25) is 19.2 Å². The summed E-state index contributed by atoms with van der Waals surface area (Å²) in [4.78, 5) is 51.3. The van der Waals surface area contributed by atoms with Crippen LogP contribution in [0.25, 0.3) is 11.1 Å². The van der Waals surface area contributed by atoms with E-state index < -0.39 is 54.5 Å². The van der Waals surface area contributed by atoms with Crippen LogP contribution in [-0.2, 0) is 38.1 Å². The lowest BCUT2D eigenvalue weighted by Gasteiger charge is -2.44. The lowest BCUT2D eigenvalue weighted by molar-refractivity contribution is -0.259. The fourth-order valence-electron chi connectivity index (χ4n) is 3.56. The second kappa shape index (κ2) is 10.5. The van der Waals surface area contributed by atoms with Gasteiger partial charge in [-0.2, -0.15) is 4.98 Å². The Labute approximate surface area is 194 Å². The Morgan fingerprint density at radius 2 is 1.68 bits per heavy atom. The van der Waals surface area contributed by atoms with Crippen LogP contribution in [0.3, 0.4) is 0 Å². The predicted octanol–water partition coefficient (Wildman–Crippen LogP) is 1.17. The highest BCUT2D eigenvalue weighted by Gasteiger charge is 2.52. The minimum absolute atomic E-state index is 0.167. The molecule has 2 aromatic rings. The normalized spacial score (nSPS) is 24.2. The number of nitrogens with zero attached hydrogens (tertiary/aromatic N) is 1. The summed E-state index contributed by atoms with van der Waals surface area (Å²) in [6.45, 7) is 6.31. The number of hydrogen-bond donors (Lipinski definition) is 1. The molecule has 3 rings (SSSR count). The summed E-state index contributed by atoms with van der Waals surface area (Å²) in [7, 11) is 0. The van der Waals surface area contributed by atoms with E-state index in [4.69, 9.17) is 28.1 Å². The van der Waals surface area contributed by atoms with Crippen molar-refractivity contribution < 1.29 is 47.3 Å². The van der Waals surface area contributed by atoms with Crippen molar-refractivity contribution in [3.63, 3.8) is 0 Å². The topological polar surface area (TPSA) is 152 Å². The standard InChI is InChI=1S/C22H26N2O10/c1-10-6-7-16-15(8-10)24-22(33-16)34-21-18(23-11(2)25)20(31-14(5)28)19(30-13(4)27)17(32-21)9-29-12(3)26/h6-8,17-21H,9H2,1-5H3,(H,23,25)/t17-,18-,19+,20-,21+/m0/s1. The van der Waals surface area contributed by atoms with Crippen molar-refractivity contribution in [1.82, 2.24) is 10.3 Å². The van der Waals surface area contributed by atoms with E-state index in [1.807, 2.05) is 13.0 Å². The van der Waals surface area contributed by atoms with Gasteiger partial charge in [0.1, 0.15) is 24.3 Å². The maximum atomic E-state index is 12.0. The van der Waals surface area contributed by atoms with E-state index >= 15 is 0 Å². The number of rotatable bonds is 7. The van der Waals surface area contributed by atoms with Crippen LogP contribution in [0.2, 0.25) is 0 Å². The van der Waals surface area contributed by atoms with Gasteiger partial charge >= 0.3 is 24.0 Å². The van der Waals surface area contributed by atoms with Gasteiger partial charge in [-0.25, -0.2) is 0 Å². The molecule has 1 aliphatic rings. The molecule has 1 aliphatic heterocycles. The molecule has 0 unspecified atom stereocenters. The highest BCUT2D eigenvalue weighted by molar-refractivity contribution is 5.74. The number of benzene rings is 1. The van der Waals surface area contributed by atoms with Crippen LogP contribution < -0.4 is 10.1 Å². The Balaban J connectivity index is 1.98. The number of carbonyl (C=O) groups excluding carboxylic acids is 4. The molecule has 1 N–H and O–H groups in total. The van der Waals surface area contributed by atoms with E-state index in [2.05, 4.69) is 10.3 Å². The van der Waals surface area contributed by atoms with E-state index in [9.17, 15) is 19.2 Å². The molecular weight excluding hydrogens is 452 g/mol. The zero-order valence-electron chi connectivity index (χ0n) is 19.4. The third-order valence-corrected chi connectivity index (χ3v) is 4.81. The number of hydrogen-bond acceptors (Lipinski definition) is 11. The monoisotopic (exact) mass is 478 g/mol. The zero-order chi connectivity index (χ0) is 25.0. The minimum atomic E-state index is -1.31. The molecule has 0 spiro atoms. The number of aryl methyl sites for hydroxylation is 1. The van der Waals surface area contributed by atoms with Crippen molar-refractivity contribution in [2.75, 3.05) is 6.61 Å². The molecule has 1 aromatic carbocycles. The summed E-state index contributed by atoms with van der Waals surface area (Å²) in [6, 6.07) is 4.22. The quantitative estimate of drug-likeness (QED) is 0.451. The maximum absolute atomic E-state index is 12.0. The van der Waals surface area contributed by atoms with Gasteiger partial charge in [-0.1, -0.05) is 6.07 Å². The second-order valence-electron chi connectivity index (χ2n) is 7.79. The zero-order valence-corrected chi connectivity index (χ0v) is 19.4. The number of fused-ring (bicyclic) bond motifs is 1. The molecule has 0 aliphatic carbocycles. The van der Waals surface area contributed by atoms with Gasteiger partial charge < -0.3 is 33.4 Å². The van der Waals surface area contributed by atoms with Gasteiger partial charge in [-0.05, 0) is 24.6 Å². The average molecular weight is 478 g/mol. The average Bonchev–Trinajstić information content (AvgIpc) is 3.11. The Morgan fingerprint density at radius 1 is 1.00 bits per heavy atom. The minimum Gasteiger partial charge on any atom is -0.463 e. The van der Waals surface area contributed by atoms with E-state index in [1.165, 1.54) is 13.8 Å². The van der Waals surface area contributed by atoms with Crippen LogP contribution in [0.15, 0.2) is 22.6 Å². The summed E-state index contributed by atoms with van der Waals surface area (Å²) in [5.41, 5.74) is 1.95. The number of nitrogens with one attached hydrogen (secondary N) is 1. The molecule has 2 heterocycles. The largest absolute Gasteiger partial charge is 0.463 e. The Bertz CT molecular complexity index is 1080. The van der Waals surface area contributed by atoms with Crippen molar-refractivity contribution in [3.8, 4) is 6.08 Å². The number of amides is 1. The third-order valence-electron chi connectivity index (χ3n) is 4.81. The first kappa shape index (κ1) is 25.0. The van der Waals surface area contributed by atoms with Crippen molar-refractivity contribution >= 4 is 34.9 Å². The summed E-state index contributed by atoms with van der Waals surface area (Å²) < 4.78 is 33.1. The molecule has 1 aromatic heterocycles. The highest BCUT2D eigenvalue weighted by atomic mass is 16.7. The van der Waals surface area contributed by atoms with Crippen molar-refractivity contribution in [2.45, 2.75) is 65.3 Å². The number of esters is 3. The first-order valence-corrected chi connectivity index (χ1v) is 10.5. The molecule has 34 heavy (non-hydrogen) atoms. The number of aromatic nitrogens is 1. The molecule has 12 nitrogen and oxygen atoms in total. The van der Waals surface area contributed by atoms with Crippen LogP contribution in [-0.4, -0.2) is 66.0 Å². The fraction of sp³-hybridized carbons (Fsp3) is 0.500. The molecule has 0 saturated carbocycles. The van der Waals surface area contributed by atoms with E-state index in [-0.39, 0.29) is 12.7 Å². The molecule has 5 atom stereocenters. The van der Waals surface area contributed by atoms with E-state index in [0.717, 1.165) is 19.4 Å². The van der Waals surface area contributed by atoms with E-state index in [0.29, 0.717) is 11.1 Å². The van der Waals surface area contributed by atoms with Crippen LogP contribution in [0.4, 0.5) is 0 Å². The first-order chi connectivity index (χ1) is 16.0. The molecule has 1 fully saturated rings. The third kappa shape index (κ3) is 6.22. The van der Waals surface area contributed by atoms with Gasteiger partial charge in [0.25, 0.3) is 0 Å². The van der Waals surface area contributed by atoms with Gasteiger partial charge in [0, 0.05) is 27.7 Å². The Kier molecular flexibility index (Phi) is 7.72. The summed E-state index contributed by atoms with van der Waals surface area (Å²) in [5.74, 6) is -2.51. The molecular formula is C22H26N2O10. The van der Waals surface area contributed by atoms with Gasteiger partial charge in [0.05, 0.1) is 0 Å². The van der Waals surface area contributed by atoms with Gasteiger partial charge in [0.15, 0.2) is 17.8 Å². The van der Waals surface area contributed by atoms with Crippen molar-refractivity contribution in [1.29, 1.82) is 0 Å². The van der Waals surface area contributed by atoms with Crippen molar-refractivity contribution in [2.24, 2.45) is 0 Å². The molecule has 0 bridgehead atoms. The molecule has 1 amide bonds. The van der Waals surface area contributed by atoms with Crippen LogP contribution in [0, 0.1) is 6.92 Å². The highest BCUT2D eigenvalue weighted by Crippen LogP contribution is 2.30. The molecule has 0 radical (unpaired) electrons. The van der Waals surface area contributed by atoms with E-state index in [1.54, 1.807) is 12.1 Å². The predicted molar refractivity (Wildman–Crippen MR) is 113 cm³/mol. The summed E-state index contributed by atoms with van der Waals surface area (Å²) in [6.07, 6.45) is -5.03. The molecule has 1 saturated heterocycles. The van der Waals surface area contributed by atoms with Crippen molar-refractivity contribution in [3.05, 3.63) is 23.8 Å². The number of ether oxygens (including phenoxy) is 5. The van der Waals surface area contributed by atoms with Crippen LogP contribution >= 0.6 is 0 Å². The molecule has 12 heteroatoms. The Hall–Kier alpha value is -3.67. The lowest BCUT2D eigenvalue weighted by Crippen LogP contribution is -2.67. The first-order valence-electron chi connectivity index (χ1n) is 10.5. The SMILES string of the molecule is CC(=O)N[C@@H]1[C@@H](Oc2nc3cc(C)ccc3o2)O[C@@H](COC(C)=O)[C@@H](OC(C)=O)[C@H]1OC(C)=O.